The summed E-state index contributed by atoms with van der Waals surface area (Å²) in [6.45, 7) is 2.95. The van der Waals surface area contributed by atoms with Gasteiger partial charge in [-0.1, -0.05) is 19.3 Å². The second kappa shape index (κ2) is 6.35. The molecule has 92 valence electrons. The average Bonchev–Trinajstić information content (AvgIpc) is 2.16. The number of nitrogens with one attached hydrogen (secondary N) is 1. The van der Waals surface area contributed by atoms with Gasteiger partial charge in [-0.15, -0.1) is 0 Å². The van der Waals surface area contributed by atoms with Crippen LogP contribution in [0.4, 0.5) is 4.79 Å². The minimum Gasteiger partial charge on any atom is -0.480 e. The van der Waals surface area contributed by atoms with Crippen LogP contribution in [0.3, 0.4) is 0 Å². The van der Waals surface area contributed by atoms with Crippen molar-refractivity contribution in [2.45, 2.75) is 45.1 Å². The summed E-state index contributed by atoms with van der Waals surface area (Å²) in [4.78, 5) is 24.1. The van der Waals surface area contributed by atoms with Gasteiger partial charge in [-0.3, -0.25) is 4.79 Å². The number of urea groups is 1. The molecule has 1 rings (SSSR count). The second-order valence-electron chi connectivity index (χ2n) is 4.26. The van der Waals surface area contributed by atoms with Crippen molar-refractivity contribution in [1.29, 1.82) is 0 Å². The van der Waals surface area contributed by atoms with Gasteiger partial charge in [-0.05, 0) is 19.8 Å². The maximum atomic E-state index is 11.7. The van der Waals surface area contributed by atoms with Crippen molar-refractivity contribution in [2.24, 2.45) is 0 Å². The van der Waals surface area contributed by atoms with Gasteiger partial charge >= 0.3 is 12.0 Å². The molecular weight excluding hydrogens is 208 g/mol. The van der Waals surface area contributed by atoms with Gasteiger partial charge in [-0.2, -0.15) is 0 Å². The fraction of sp³-hybridized carbons (Fsp3) is 0.818. The number of carboxylic acids is 1. The molecule has 0 radical (unpaired) electrons. The zero-order valence-corrected chi connectivity index (χ0v) is 9.74. The van der Waals surface area contributed by atoms with Gasteiger partial charge in [0.1, 0.15) is 6.04 Å². The molecule has 0 bridgehead atoms. The number of rotatable bonds is 2. The van der Waals surface area contributed by atoms with Crippen LogP contribution in [-0.4, -0.2) is 41.1 Å². The zero-order chi connectivity index (χ0) is 12.0. The average molecular weight is 228 g/mol. The fourth-order valence-electron chi connectivity index (χ4n) is 1.79. The van der Waals surface area contributed by atoms with E-state index in [1.807, 2.05) is 0 Å². The highest BCUT2D eigenvalue weighted by Crippen LogP contribution is 2.10. The van der Waals surface area contributed by atoms with E-state index in [1.54, 1.807) is 4.90 Å². The van der Waals surface area contributed by atoms with Crippen molar-refractivity contribution in [3.05, 3.63) is 0 Å². The number of nitrogens with zero attached hydrogens (tertiary/aromatic N) is 1. The molecule has 0 saturated carbocycles. The van der Waals surface area contributed by atoms with Gasteiger partial charge in [0.05, 0.1) is 0 Å². The molecule has 0 aromatic heterocycles. The van der Waals surface area contributed by atoms with Crippen molar-refractivity contribution in [3.8, 4) is 0 Å². The number of carbonyl (C=O) groups excluding carboxylic acids is 1. The van der Waals surface area contributed by atoms with Gasteiger partial charge in [0, 0.05) is 13.1 Å². The summed E-state index contributed by atoms with van der Waals surface area (Å²) in [6, 6.07) is -1.07. The van der Waals surface area contributed by atoms with E-state index in [0.717, 1.165) is 38.8 Å². The van der Waals surface area contributed by atoms with Crippen LogP contribution >= 0.6 is 0 Å². The Kier molecular flexibility index (Phi) is 5.08. The number of aliphatic carboxylic acids is 1. The number of hydrogen-bond donors (Lipinski definition) is 2. The maximum Gasteiger partial charge on any atom is 0.325 e. The van der Waals surface area contributed by atoms with E-state index in [1.165, 1.54) is 13.3 Å². The summed E-state index contributed by atoms with van der Waals surface area (Å²) in [7, 11) is 0. The Labute approximate surface area is 95.8 Å². The van der Waals surface area contributed by atoms with Gasteiger partial charge < -0.3 is 15.3 Å². The highest BCUT2D eigenvalue weighted by Gasteiger charge is 2.19. The molecular formula is C11H20N2O3. The lowest BCUT2D eigenvalue weighted by Crippen LogP contribution is -2.47. The van der Waals surface area contributed by atoms with Crippen molar-refractivity contribution >= 4 is 12.0 Å². The molecule has 16 heavy (non-hydrogen) atoms. The van der Waals surface area contributed by atoms with E-state index in [4.69, 9.17) is 5.11 Å². The maximum absolute atomic E-state index is 11.7. The smallest absolute Gasteiger partial charge is 0.325 e. The zero-order valence-electron chi connectivity index (χ0n) is 9.74. The molecule has 1 atom stereocenters. The lowest BCUT2D eigenvalue weighted by atomic mass is 10.1. The molecule has 0 aliphatic carbocycles. The first-order chi connectivity index (χ1) is 7.61. The molecule has 1 aliphatic heterocycles. The molecule has 1 heterocycles. The number of likely N-dealkylation sites (tertiary alicyclic amines) is 1. The van der Waals surface area contributed by atoms with E-state index in [2.05, 4.69) is 5.32 Å². The molecule has 5 heteroatoms. The third-order valence-corrected chi connectivity index (χ3v) is 2.85. The van der Waals surface area contributed by atoms with Crippen LogP contribution < -0.4 is 5.32 Å². The predicted octanol–water partition coefficient (Wildman–Crippen LogP) is 1.44. The number of amides is 2. The van der Waals surface area contributed by atoms with Crippen LogP contribution in [0.5, 0.6) is 0 Å². The summed E-state index contributed by atoms with van der Waals surface area (Å²) in [5.41, 5.74) is 0. The number of hydrogen-bond acceptors (Lipinski definition) is 2. The summed E-state index contributed by atoms with van der Waals surface area (Å²) in [6.07, 6.45) is 5.56. The number of carbonyl (C=O) groups is 2. The Bertz CT molecular complexity index is 248. The first-order valence-electron chi connectivity index (χ1n) is 5.89. The molecule has 1 aliphatic rings. The summed E-state index contributed by atoms with van der Waals surface area (Å²) < 4.78 is 0. The standard InChI is InChI=1S/C11H20N2O3/c1-9(10(14)15)12-11(16)13-7-5-3-2-4-6-8-13/h9H,2-8H2,1H3,(H,12,16)(H,14,15)/t9-/m1/s1. The van der Waals surface area contributed by atoms with Crippen LogP contribution in [0, 0.1) is 0 Å². The summed E-state index contributed by atoms with van der Waals surface area (Å²) in [5, 5.41) is 11.2. The SMILES string of the molecule is C[C@@H](NC(=O)N1CCCCCCC1)C(=O)O. The minimum absolute atomic E-state index is 0.253. The third-order valence-electron chi connectivity index (χ3n) is 2.85. The predicted molar refractivity (Wildman–Crippen MR) is 60.3 cm³/mol. The highest BCUT2D eigenvalue weighted by molar-refractivity contribution is 5.82. The Morgan fingerprint density at radius 3 is 2.12 bits per heavy atom. The summed E-state index contributed by atoms with van der Waals surface area (Å²) >= 11 is 0. The van der Waals surface area contributed by atoms with Gasteiger partial charge in [0.25, 0.3) is 0 Å². The molecule has 1 saturated heterocycles. The first-order valence-corrected chi connectivity index (χ1v) is 5.89. The van der Waals surface area contributed by atoms with Crippen LogP contribution in [0.1, 0.15) is 39.0 Å². The van der Waals surface area contributed by atoms with Crippen LogP contribution in [0.15, 0.2) is 0 Å². The lowest BCUT2D eigenvalue weighted by Gasteiger charge is -2.25. The minimum atomic E-state index is -1.000. The van der Waals surface area contributed by atoms with E-state index in [-0.39, 0.29) is 6.03 Å². The molecule has 0 aromatic rings. The molecule has 1 fully saturated rings. The third kappa shape index (κ3) is 4.08. The second-order valence-corrected chi connectivity index (χ2v) is 4.26. The van der Waals surface area contributed by atoms with Gasteiger partial charge in [0.2, 0.25) is 0 Å². The first kappa shape index (κ1) is 12.8. The Balaban J connectivity index is 2.41. The highest BCUT2D eigenvalue weighted by atomic mass is 16.4. The molecule has 0 unspecified atom stereocenters. The van der Waals surface area contributed by atoms with E-state index in [9.17, 15) is 9.59 Å². The monoisotopic (exact) mass is 228 g/mol. The topological polar surface area (TPSA) is 69.6 Å². The number of carboxylic acid groups (broad SMARTS) is 1. The Morgan fingerprint density at radius 1 is 1.12 bits per heavy atom. The van der Waals surface area contributed by atoms with Crippen LogP contribution in [0.2, 0.25) is 0 Å². The molecule has 0 spiro atoms. The Morgan fingerprint density at radius 2 is 1.62 bits per heavy atom. The van der Waals surface area contributed by atoms with Crippen molar-refractivity contribution in [1.82, 2.24) is 10.2 Å². The van der Waals surface area contributed by atoms with Crippen LogP contribution in [-0.2, 0) is 4.79 Å². The lowest BCUT2D eigenvalue weighted by molar-refractivity contribution is -0.138. The normalized spacial score (nSPS) is 19.4. The Hall–Kier alpha value is -1.26. The molecule has 2 amide bonds. The van der Waals surface area contributed by atoms with Crippen molar-refractivity contribution < 1.29 is 14.7 Å². The molecule has 0 aromatic carbocycles. The van der Waals surface area contributed by atoms with E-state index >= 15 is 0 Å². The largest absolute Gasteiger partial charge is 0.480 e. The van der Waals surface area contributed by atoms with Gasteiger partial charge in [-0.25, -0.2) is 4.79 Å². The van der Waals surface area contributed by atoms with Crippen molar-refractivity contribution in [2.75, 3.05) is 13.1 Å². The van der Waals surface area contributed by atoms with E-state index < -0.39 is 12.0 Å². The van der Waals surface area contributed by atoms with Crippen LogP contribution in [0.25, 0.3) is 0 Å². The molecule has 5 nitrogen and oxygen atoms in total. The van der Waals surface area contributed by atoms with Gasteiger partial charge in [0.15, 0.2) is 0 Å². The molecule has 2 N–H and O–H groups in total. The fourth-order valence-corrected chi connectivity index (χ4v) is 1.79. The van der Waals surface area contributed by atoms with Crippen molar-refractivity contribution in [3.63, 3.8) is 0 Å². The quantitative estimate of drug-likeness (QED) is 0.751. The van der Waals surface area contributed by atoms with E-state index in [0.29, 0.717) is 0 Å². The summed E-state index contributed by atoms with van der Waals surface area (Å²) in [5.74, 6) is -1.000.